The van der Waals surface area contributed by atoms with Crippen LogP contribution < -0.4 is 4.90 Å². The first kappa shape index (κ1) is 24.2. The van der Waals surface area contributed by atoms with Gasteiger partial charge in [-0.25, -0.2) is 0 Å². The first-order valence-electron chi connectivity index (χ1n) is 11.2. The summed E-state index contributed by atoms with van der Waals surface area (Å²) in [5.74, 6) is -0.491. The second-order valence-corrected chi connectivity index (χ2v) is 10.5. The predicted octanol–water partition coefficient (Wildman–Crippen LogP) is 1.64. The largest absolute Gasteiger partial charge is 0.416 e. The molecule has 1 aromatic carbocycles. The molecule has 4 rings (SSSR count). The number of hydrogen-bond acceptors (Lipinski definition) is 5. The fourth-order valence-electron chi connectivity index (χ4n) is 4.62. The van der Waals surface area contributed by atoms with Crippen molar-refractivity contribution in [2.45, 2.75) is 19.0 Å². The molecule has 3 fully saturated rings. The number of hydrogen-bond donors (Lipinski definition) is 0. The SMILES string of the molecule is O=C(C1CCCN(S(=O)(=O)N2CCOCC2)C1)N1CCN(c2cccc(C(F)(F)F)c2)CC1. The van der Waals surface area contributed by atoms with E-state index in [-0.39, 0.29) is 12.5 Å². The Morgan fingerprint density at radius 2 is 1.67 bits per heavy atom. The van der Waals surface area contributed by atoms with Gasteiger partial charge in [0.25, 0.3) is 10.2 Å². The summed E-state index contributed by atoms with van der Waals surface area (Å²) < 4.78 is 73.0. The Balaban J connectivity index is 1.35. The van der Waals surface area contributed by atoms with Gasteiger partial charge in [0.2, 0.25) is 5.91 Å². The minimum Gasteiger partial charge on any atom is -0.379 e. The number of anilines is 1. The number of halogens is 3. The van der Waals surface area contributed by atoms with E-state index in [1.807, 2.05) is 4.90 Å². The molecule has 3 aliphatic rings. The summed E-state index contributed by atoms with van der Waals surface area (Å²) in [6.45, 7) is 3.55. The maximum absolute atomic E-state index is 13.1. The molecule has 1 amide bonds. The molecule has 1 atom stereocenters. The van der Waals surface area contributed by atoms with Gasteiger partial charge in [0.1, 0.15) is 0 Å². The molecule has 0 saturated carbocycles. The topological polar surface area (TPSA) is 73.4 Å². The van der Waals surface area contributed by atoms with Crippen molar-refractivity contribution in [3.63, 3.8) is 0 Å². The number of carbonyl (C=O) groups excluding carboxylic acids is 1. The van der Waals surface area contributed by atoms with Crippen molar-refractivity contribution < 1.29 is 31.1 Å². The number of rotatable bonds is 4. The molecule has 0 radical (unpaired) electrons. The van der Waals surface area contributed by atoms with Crippen molar-refractivity contribution in [3.8, 4) is 0 Å². The van der Waals surface area contributed by atoms with E-state index >= 15 is 0 Å². The van der Waals surface area contributed by atoms with Crippen LogP contribution in [0, 0.1) is 5.92 Å². The van der Waals surface area contributed by atoms with Gasteiger partial charge in [-0.3, -0.25) is 4.79 Å². The van der Waals surface area contributed by atoms with Crippen LogP contribution in [0.25, 0.3) is 0 Å². The van der Waals surface area contributed by atoms with Crippen molar-refractivity contribution in [1.82, 2.24) is 13.5 Å². The van der Waals surface area contributed by atoms with Gasteiger partial charge >= 0.3 is 6.18 Å². The van der Waals surface area contributed by atoms with Gasteiger partial charge in [0.15, 0.2) is 0 Å². The Bertz CT molecular complexity index is 945. The van der Waals surface area contributed by atoms with Crippen molar-refractivity contribution >= 4 is 21.8 Å². The molecule has 0 N–H and O–H groups in total. The van der Waals surface area contributed by atoms with Crippen LogP contribution in [0.3, 0.4) is 0 Å². The van der Waals surface area contributed by atoms with Gasteiger partial charge in [-0.15, -0.1) is 0 Å². The third-order valence-electron chi connectivity index (χ3n) is 6.49. The third kappa shape index (κ3) is 5.44. The van der Waals surface area contributed by atoms with Crippen molar-refractivity contribution in [2.75, 3.05) is 70.5 Å². The number of amides is 1. The van der Waals surface area contributed by atoms with Crippen molar-refractivity contribution in [1.29, 1.82) is 0 Å². The van der Waals surface area contributed by atoms with Crippen LogP contribution in [0.5, 0.6) is 0 Å². The summed E-state index contributed by atoms with van der Waals surface area (Å²) in [6, 6.07) is 5.21. The number of ether oxygens (including phenoxy) is 1. The number of benzene rings is 1. The van der Waals surface area contributed by atoms with E-state index in [9.17, 15) is 26.4 Å². The molecule has 0 aliphatic carbocycles. The maximum Gasteiger partial charge on any atom is 0.416 e. The van der Waals surface area contributed by atoms with E-state index < -0.39 is 27.9 Å². The summed E-state index contributed by atoms with van der Waals surface area (Å²) in [5.41, 5.74) is -0.209. The Labute approximate surface area is 192 Å². The lowest BCUT2D eigenvalue weighted by molar-refractivity contribution is -0.137. The number of piperidine rings is 1. The second-order valence-electron chi connectivity index (χ2n) is 8.58. The minimum absolute atomic E-state index is 0.0828. The van der Waals surface area contributed by atoms with Crippen molar-refractivity contribution in [2.24, 2.45) is 5.92 Å². The highest BCUT2D eigenvalue weighted by Gasteiger charge is 2.38. The van der Waals surface area contributed by atoms with Crippen LogP contribution in [-0.4, -0.2) is 93.4 Å². The zero-order chi connectivity index (χ0) is 23.6. The van der Waals surface area contributed by atoms with Gasteiger partial charge in [0, 0.05) is 58.0 Å². The average Bonchev–Trinajstić information content (AvgIpc) is 2.84. The summed E-state index contributed by atoms with van der Waals surface area (Å²) in [6.07, 6.45) is -3.16. The van der Waals surface area contributed by atoms with Crippen LogP contribution in [0.15, 0.2) is 24.3 Å². The molecule has 1 unspecified atom stereocenters. The minimum atomic E-state index is -4.40. The first-order chi connectivity index (χ1) is 15.7. The molecule has 184 valence electrons. The molecular formula is C21H29F3N4O4S. The van der Waals surface area contributed by atoms with Gasteiger partial charge in [0.05, 0.1) is 24.7 Å². The van der Waals surface area contributed by atoms with E-state index in [0.29, 0.717) is 77.6 Å². The predicted molar refractivity (Wildman–Crippen MR) is 116 cm³/mol. The molecule has 0 aromatic heterocycles. The molecule has 3 aliphatic heterocycles. The van der Waals surface area contributed by atoms with Crippen LogP contribution in [-0.2, 0) is 25.9 Å². The number of nitrogens with zero attached hydrogens (tertiary/aromatic N) is 4. The first-order valence-corrected chi connectivity index (χ1v) is 12.6. The number of carbonyl (C=O) groups is 1. The maximum atomic E-state index is 13.1. The van der Waals surface area contributed by atoms with Crippen LogP contribution in [0.2, 0.25) is 0 Å². The van der Waals surface area contributed by atoms with E-state index in [2.05, 4.69) is 0 Å². The fourth-order valence-corrected chi connectivity index (χ4v) is 6.28. The molecule has 1 aromatic rings. The molecule has 3 saturated heterocycles. The third-order valence-corrected chi connectivity index (χ3v) is 8.49. The van der Waals surface area contributed by atoms with E-state index in [4.69, 9.17) is 4.74 Å². The lowest BCUT2D eigenvalue weighted by Gasteiger charge is -2.40. The summed E-state index contributed by atoms with van der Waals surface area (Å²) in [7, 11) is -3.63. The van der Waals surface area contributed by atoms with Crippen LogP contribution in [0.4, 0.5) is 18.9 Å². The average molecular weight is 491 g/mol. The highest BCUT2D eigenvalue weighted by atomic mass is 32.2. The summed E-state index contributed by atoms with van der Waals surface area (Å²) in [5, 5.41) is 0. The summed E-state index contributed by atoms with van der Waals surface area (Å²) >= 11 is 0. The normalized spacial score (nSPS) is 24.2. The van der Waals surface area contributed by atoms with Crippen LogP contribution in [0.1, 0.15) is 18.4 Å². The Hall–Kier alpha value is -1.89. The lowest BCUT2D eigenvalue weighted by Crippen LogP contribution is -2.55. The molecule has 0 spiro atoms. The lowest BCUT2D eigenvalue weighted by atomic mass is 9.97. The fraction of sp³-hybridized carbons (Fsp3) is 0.667. The second kappa shape index (κ2) is 9.77. The Kier molecular flexibility index (Phi) is 7.18. The van der Waals surface area contributed by atoms with E-state index in [0.717, 1.165) is 12.1 Å². The van der Waals surface area contributed by atoms with Crippen molar-refractivity contribution in [3.05, 3.63) is 29.8 Å². The Morgan fingerprint density at radius 3 is 2.33 bits per heavy atom. The van der Waals surface area contributed by atoms with Gasteiger partial charge in [-0.05, 0) is 31.0 Å². The monoisotopic (exact) mass is 490 g/mol. The zero-order valence-corrected chi connectivity index (χ0v) is 19.2. The quantitative estimate of drug-likeness (QED) is 0.642. The van der Waals surface area contributed by atoms with Gasteiger partial charge in [-0.1, -0.05) is 6.07 Å². The molecule has 8 nitrogen and oxygen atoms in total. The van der Waals surface area contributed by atoms with Gasteiger partial charge in [-0.2, -0.15) is 30.2 Å². The number of morpholine rings is 1. The number of piperazine rings is 1. The highest BCUT2D eigenvalue weighted by molar-refractivity contribution is 7.86. The molecule has 12 heteroatoms. The van der Waals surface area contributed by atoms with E-state index in [1.54, 1.807) is 11.0 Å². The standard InChI is InChI=1S/C21H29F3N4O4S/c22-21(23,24)18-4-1-5-19(15-18)25-7-9-26(10-8-25)20(29)17-3-2-6-28(16-17)33(30,31)27-11-13-32-14-12-27/h1,4-5,15,17H,2-3,6-14,16H2. The summed E-state index contributed by atoms with van der Waals surface area (Å²) in [4.78, 5) is 16.7. The molecule has 0 bridgehead atoms. The van der Waals surface area contributed by atoms with E-state index in [1.165, 1.54) is 14.7 Å². The molecule has 3 heterocycles. The molecular weight excluding hydrogens is 461 g/mol. The smallest absolute Gasteiger partial charge is 0.379 e. The zero-order valence-electron chi connectivity index (χ0n) is 18.3. The Morgan fingerprint density at radius 1 is 0.970 bits per heavy atom. The van der Waals surface area contributed by atoms with Gasteiger partial charge < -0.3 is 14.5 Å². The highest BCUT2D eigenvalue weighted by Crippen LogP contribution is 2.32. The molecule has 33 heavy (non-hydrogen) atoms. The van der Waals surface area contributed by atoms with Crippen LogP contribution >= 0.6 is 0 Å². The number of alkyl halides is 3.